The van der Waals surface area contributed by atoms with Crippen LogP contribution in [-0.2, 0) is 11.2 Å². The van der Waals surface area contributed by atoms with Crippen LogP contribution in [0.1, 0.15) is 37.7 Å². The van der Waals surface area contributed by atoms with E-state index in [1.807, 2.05) is 6.07 Å². The molecule has 0 aromatic heterocycles. The van der Waals surface area contributed by atoms with Crippen molar-refractivity contribution in [3.05, 3.63) is 33.8 Å². The maximum Gasteiger partial charge on any atom is 0.137 e. The lowest BCUT2D eigenvalue weighted by Crippen LogP contribution is -2.34. The largest absolute Gasteiger partial charge is 0.314 e. The molecule has 1 fully saturated rings. The van der Waals surface area contributed by atoms with E-state index in [2.05, 4.69) is 5.32 Å². The average Bonchev–Trinajstić information content (AvgIpc) is 2.42. The number of nitrogens with one attached hydrogen (secondary N) is 1. The van der Waals surface area contributed by atoms with Crippen molar-refractivity contribution < 1.29 is 4.79 Å². The molecule has 1 aliphatic heterocycles. The van der Waals surface area contributed by atoms with Crippen LogP contribution in [0.4, 0.5) is 0 Å². The summed E-state index contributed by atoms with van der Waals surface area (Å²) in [6, 6.07) is 5.91. The molecule has 0 radical (unpaired) electrons. The molecule has 0 saturated carbocycles. The molecule has 1 unspecified atom stereocenters. The van der Waals surface area contributed by atoms with Crippen molar-refractivity contribution in [1.82, 2.24) is 5.32 Å². The molecule has 1 aromatic carbocycles. The summed E-state index contributed by atoms with van der Waals surface area (Å²) in [4.78, 5) is 11.9. The van der Waals surface area contributed by atoms with Gasteiger partial charge in [0.05, 0.1) is 10.0 Å². The lowest BCUT2D eigenvalue weighted by molar-refractivity contribution is -0.118. The molecule has 19 heavy (non-hydrogen) atoms. The number of benzene rings is 1. The van der Waals surface area contributed by atoms with Crippen molar-refractivity contribution in [3.8, 4) is 0 Å². The number of rotatable bonds is 5. The number of carbonyl (C=O) groups is 1. The maximum atomic E-state index is 11.9. The highest BCUT2D eigenvalue weighted by molar-refractivity contribution is 6.42. The predicted molar refractivity (Wildman–Crippen MR) is 80.0 cm³/mol. The van der Waals surface area contributed by atoms with Gasteiger partial charge in [-0.3, -0.25) is 4.79 Å². The molecular formula is C15H19Cl2NO. The Morgan fingerprint density at radius 3 is 2.79 bits per heavy atom. The van der Waals surface area contributed by atoms with E-state index in [0.717, 1.165) is 18.5 Å². The summed E-state index contributed by atoms with van der Waals surface area (Å²) in [5.74, 6) is 0.269. The van der Waals surface area contributed by atoms with Gasteiger partial charge in [0, 0.05) is 18.9 Å². The second kappa shape index (κ2) is 7.28. The van der Waals surface area contributed by atoms with Crippen molar-refractivity contribution in [3.63, 3.8) is 0 Å². The van der Waals surface area contributed by atoms with Gasteiger partial charge in [-0.2, -0.15) is 0 Å². The third kappa shape index (κ3) is 4.79. The van der Waals surface area contributed by atoms with Crippen LogP contribution in [0.5, 0.6) is 0 Å². The monoisotopic (exact) mass is 299 g/mol. The molecule has 0 bridgehead atoms. The molecule has 0 aliphatic carbocycles. The minimum absolute atomic E-state index is 0.269. The fourth-order valence-electron chi connectivity index (χ4n) is 2.47. The van der Waals surface area contributed by atoms with Crippen LogP contribution in [-0.4, -0.2) is 18.4 Å². The number of piperidine rings is 1. The van der Waals surface area contributed by atoms with E-state index in [4.69, 9.17) is 23.2 Å². The minimum Gasteiger partial charge on any atom is -0.314 e. The van der Waals surface area contributed by atoms with Gasteiger partial charge in [-0.15, -0.1) is 0 Å². The normalized spacial score (nSPS) is 19.4. The summed E-state index contributed by atoms with van der Waals surface area (Å²) in [6.45, 7) is 1.09. The zero-order valence-electron chi connectivity index (χ0n) is 10.9. The van der Waals surface area contributed by atoms with Crippen LogP contribution >= 0.6 is 23.2 Å². The van der Waals surface area contributed by atoms with Gasteiger partial charge in [0.15, 0.2) is 0 Å². The molecule has 2 rings (SSSR count). The third-order valence-electron chi connectivity index (χ3n) is 3.57. The van der Waals surface area contributed by atoms with E-state index in [1.54, 1.807) is 12.1 Å². The fraction of sp³-hybridized carbons (Fsp3) is 0.533. The van der Waals surface area contributed by atoms with Crippen LogP contribution in [0.2, 0.25) is 10.0 Å². The van der Waals surface area contributed by atoms with Crippen molar-refractivity contribution in [2.24, 2.45) is 0 Å². The van der Waals surface area contributed by atoms with Crippen LogP contribution in [0, 0.1) is 0 Å². The highest BCUT2D eigenvalue weighted by Crippen LogP contribution is 2.23. The van der Waals surface area contributed by atoms with Crippen LogP contribution in [0.25, 0.3) is 0 Å². The van der Waals surface area contributed by atoms with E-state index in [-0.39, 0.29) is 5.78 Å². The van der Waals surface area contributed by atoms with Gasteiger partial charge < -0.3 is 5.32 Å². The topological polar surface area (TPSA) is 29.1 Å². The number of carbonyl (C=O) groups excluding carboxylic acids is 1. The van der Waals surface area contributed by atoms with E-state index in [1.165, 1.54) is 19.3 Å². The quantitative estimate of drug-likeness (QED) is 0.889. The van der Waals surface area contributed by atoms with E-state index in [0.29, 0.717) is 28.9 Å². The first kappa shape index (κ1) is 14.8. The van der Waals surface area contributed by atoms with Crippen LogP contribution in [0.3, 0.4) is 0 Å². The molecule has 4 heteroatoms. The van der Waals surface area contributed by atoms with E-state index >= 15 is 0 Å². The molecule has 1 aromatic rings. The molecular weight excluding hydrogens is 281 g/mol. The molecule has 2 nitrogen and oxygen atoms in total. The third-order valence-corrected chi connectivity index (χ3v) is 4.31. The van der Waals surface area contributed by atoms with Crippen molar-refractivity contribution in [2.75, 3.05) is 6.54 Å². The first-order valence-electron chi connectivity index (χ1n) is 6.84. The SMILES string of the molecule is O=C(CCC1CCCCN1)Cc1ccc(Cl)c(Cl)c1. The Bertz CT molecular complexity index is 442. The molecule has 0 amide bonds. The van der Waals surface area contributed by atoms with Gasteiger partial charge in [0.1, 0.15) is 5.78 Å². The molecule has 1 atom stereocenters. The second-order valence-electron chi connectivity index (χ2n) is 5.15. The molecule has 1 heterocycles. The number of hydrogen-bond donors (Lipinski definition) is 1. The Morgan fingerprint density at radius 1 is 1.26 bits per heavy atom. The first-order chi connectivity index (χ1) is 9.15. The number of hydrogen-bond acceptors (Lipinski definition) is 2. The van der Waals surface area contributed by atoms with Crippen molar-refractivity contribution in [1.29, 1.82) is 0 Å². The molecule has 1 saturated heterocycles. The summed E-state index contributed by atoms with van der Waals surface area (Å²) < 4.78 is 0. The summed E-state index contributed by atoms with van der Waals surface area (Å²) in [5.41, 5.74) is 0.941. The van der Waals surface area contributed by atoms with Gasteiger partial charge in [-0.05, 0) is 43.5 Å². The van der Waals surface area contributed by atoms with Gasteiger partial charge in [-0.1, -0.05) is 35.7 Å². The number of halogens is 2. The first-order valence-corrected chi connectivity index (χ1v) is 7.60. The van der Waals surface area contributed by atoms with Crippen LogP contribution < -0.4 is 5.32 Å². The Balaban J connectivity index is 1.78. The highest BCUT2D eigenvalue weighted by atomic mass is 35.5. The lowest BCUT2D eigenvalue weighted by Gasteiger charge is -2.22. The Kier molecular flexibility index (Phi) is 5.68. The molecule has 1 aliphatic rings. The predicted octanol–water partition coefficient (Wildman–Crippen LogP) is 4.03. The van der Waals surface area contributed by atoms with Gasteiger partial charge in [0.25, 0.3) is 0 Å². The lowest BCUT2D eigenvalue weighted by atomic mass is 9.97. The summed E-state index contributed by atoms with van der Waals surface area (Å²) in [5, 5.41) is 4.51. The van der Waals surface area contributed by atoms with E-state index < -0.39 is 0 Å². The average molecular weight is 300 g/mol. The van der Waals surface area contributed by atoms with Crippen LogP contribution in [0.15, 0.2) is 18.2 Å². The Morgan fingerprint density at radius 2 is 2.11 bits per heavy atom. The summed E-state index contributed by atoms with van der Waals surface area (Å²) >= 11 is 11.8. The molecule has 0 spiro atoms. The standard InChI is InChI=1S/C15H19Cl2NO/c16-14-7-4-11(10-15(14)17)9-13(19)6-5-12-3-1-2-8-18-12/h4,7,10,12,18H,1-3,5-6,8-9H2. The van der Waals surface area contributed by atoms with Crippen molar-refractivity contribution >= 4 is 29.0 Å². The van der Waals surface area contributed by atoms with Gasteiger partial charge >= 0.3 is 0 Å². The minimum atomic E-state index is 0.269. The van der Waals surface area contributed by atoms with Gasteiger partial charge in [-0.25, -0.2) is 0 Å². The molecule has 1 N–H and O–H groups in total. The zero-order valence-corrected chi connectivity index (χ0v) is 12.4. The fourth-order valence-corrected chi connectivity index (χ4v) is 2.79. The summed E-state index contributed by atoms with van der Waals surface area (Å²) in [7, 11) is 0. The Labute approximate surface area is 124 Å². The van der Waals surface area contributed by atoms with Crippen molar-refractivity contribution in [2.45, 2.75) is 44.6 Å². The highest BCUT2D eigenvalue weighted by Gasteiger charge is 2.14. The zero-order chi connectivity index (χ0) is 13.7. The maximum absolute atomic E-state index is 11.9. The second-order valence-corrected chi connectivity index (χ2v) is 5.96. The van der Waals surface area contributed by atoms with Gasteiger partial charge in [0.2, 0.25) is 0 Å². The van der Waals surface area contributed by atoms with E-state index in [9.17, 15) is 4.79 Å². The Hall–Kier alpha value is -0.570. The number of Topliss-reactive ketones (excluding diaryl/α,β-unsaturated/α-hetero) is 1. The smallest absolute Gasteiger partial charge is 0.137 e. The summed E-state index contributed by atoms with van der Waals surface area (Å²) in [6.07, 6.45) is 5.76. The number of ketones is 1. The molecule has 104 valence electrons.